The van der Waals surface area contributed by atoms with Gasteiger partial charge in [0.25, 0.3) is 0 Å². The van der Waals surface area contributed by atoms with Crippen LogP contribution in [0.1, 0.15) is 6.92 Å². The molecule has 2 aliphatic heterocycles. The van der Waals surface area contributed by atoms with Gasteiger partial charge < -0.3 is 9.84 Å². The van der Waals surface area contributed by atoms with Gasteiger partial charge in [-0.05, 0) is 6.92 Å². The van der Waals surface area contributed by atoms with Crippen molar-refractivity contribution in [2.45, 2.75) is 19.1 Å². The molecule has 2 heterocycles. The van der Waals surface area contributed by atoms with Crippen LogP contribution < -0.4 is 0 Å². The van der Waals surface area contributed by atoms with Crippen LogP contribution in [0.5, 0.6) is 0 Å². The Kier molecular flexibility index (Phi) is 1.73. The molecule has 13 heavy (non-hydrogen) atoms. The third-order valence-electron chi connectivity index (χ3n) is 2.65. The number of ketones is 1. The van der Waals surface area contributed by atoms with Gasteiger partial charge in [0.2, 0.25) is 0 Å². The van der Waals surface area contributed by atoms with Crippen LogP contribution in [-0.4, -0.2) is 29.1 Å². The van der Waals surface area contributed by atoms with E-state index in [0.717, 1.165) is 0 Å². The highest BCUT2D eigenvalue weighted by Crippen LogP contribution is 2.39. The van der Waals surface area contributed by atoms with Gasteiger partial charge in [0.1, 0.15) is 5.78 Å². The fourth-order valence-corrected chi connectivity index (χ4v) is 2.09. The molecule has 2 bridgehead atoms. The summed E-state index contributed by atoms with van der Waals surface area (Å²) in [5, 5.41) is 8.89. The Balaban J connectivity index is 2.30. The number of carboxylic acids is 1. The highest BCUT2D eigenvalue weighted by atomic mass is 16.5. The number of Topliss-reactive ketones (excluding diaryl/α,β-unsaturated/α-hetero) is 1. The number of ether oxygens (including phenoxy) is 1. The zero-order valence-electron chi connectivity index (χ0n) is 7.14. The topological polar surface area (TPSA) is 63.6 Å². The number of carbonyl (C=O) groups excluding carboxylic acids is 1. The monoisotopic (exact) mass is 182 g/mol. The molecule has 2 rings (SSSR count). The predicted molar refractivity (Wildman–Crippen MR) is 43.1 cm³/mol. The van der Waals surface area contributed by atoms with E-state index in [4.69, 9.17) is 9.84 Å². The Morgan fingerprint density at radius 1 is 1.23 bits per heavy atom. The van der Waals surface area contributed by atoms with Gasteiger partial charge in [-0.1, -0.05) is 12.2 Å². The van der Waals surface area contributed by atoms with Crippen LogP contribution in [0.4, 0.5) is 0 Å². The first-order valence-corrected chi connectivity index (χ1v) is 4.18. The molecule has 0 saturated carbocycles. The summed E-state index contributed by atoms with van der Waals surface area (Å²) in [5.41, 5.74) is 0. The SMILES string of the molecule is CC(=O)[C@H]1[C@@H](C(=O)O)[C@@H]2C=C[C@H]1O2. The van der Waals surface area contributed by atoms with Crippen LogP contribution >= 0.6 is 0 Å². The fraction of sp³-hybridized carbons (Fsp3) is 0.556. The molecule has 1 N–H and O–H groups in total. The summed E-state index contributed by atoms with van der Waals surface area (Å²) in [6.45, 7) is 1.42. The van der Waals surface area contributed by atoms with Crippen molar-refractivity contribution in [2.24, 2.45) is 11.8 Å². The van der Waals surface area contributed by atoms with E-state index in [-0.39, 0.29) is 11.9 Å². The van der Waals surface area contributed by atoms with E-state index in [0.29, 0.717) is 0 Å². The first kappa shape index (κ1) is 8.44. The van der Waals surface area contributed by atoms with Gasteiger partial charge in [-0.25, -0.2) is 0 Å². The van der Waals surface area contributed by atoms with E-state index in [1.165, 1.54) is 6.92 Å². The number of rotatable bonds is 2. The van der Waals surface area contributed by atoms with Gasteiger partial charge in [0.15, 0.2) is 0 Å². The largest absolute Gasteiger partial charge is 0.481 e. The standard InChI is InChI=1S/C9H10O4/c1-4(10)7-5-2-3-6(13-5)8(7)9(11)12/h2-3,5-8H,1H3,(H,11,12)/t5-,6+,7-,8+/m1/s1. The molecule has 0 aliphatic carbocycles. The molecule has 4 atom stereocenters. The van der Waals surface area contributed by atoms with Crippen LogP contribution in [0.15, 0.2) is 12.2 Å². The summed E-state index contributed by atoms with van der Waals surface area (Å²) < 4.78 is 5.31. The second-order valence-electron chi connectivity index (χ2n) is 3.45. The van der Waals surface area contributed by atoms with Crippen molar-refractivity contribution in [1.82, 2.24) is 0 Å². The molecule has 1 fully saturated rings. The van der Waals surface area contributed by atoms with Gasteiger partial charge in [0.05, 0.1) is 24.0 Å². The Morgan fingerprint density at radius 2 is 1.77 bits per heavy atom. The molecule has 0 aromatic carbocycles. The minimum atomic E-state index is -0.947. The van der Waals surface area contributed by atoms with E-state index in [1.54, 1.807) is 12.2 Å². The van der Waals surface area contributed by atoms with E-state index in [1.807, 2.05) is 0 Å². The Labute approximate surface area is 75.2 Å². The van der Waals surface area contributed by atoms with Crippen molar-refractivity contribution in [2.75, 3.05) is 0 Å². The first-order chi connectivity index (χ1) is 6.11. The smallest absolute Gasteiger partial charge is 0.310 e. The summed E-state index contributed by atoms with van der Waals surface area (Å²) in [6, 6.07) is 0. The number of carbonyl (C=O) groups is 2. The average molecular weight is 182 g/mol. The molecule has 4 heteroatoms. The first-order valence-electron chi connectivity index (χ1n) is 4.18. The number of hydrogen-bond acceptors (Lipinski definition) is 3. The van der Waals surface area contributed by atoms with Gasteiger partial charge in [-0.2, -0.15) is 0 Å². The summed E-state index contributed by atoms with van der Waals surface area (Å²) in [4.78, 5) is 22.0. The predicted octanol–water partition coefficient (Wildman–Crippen LogP) is 0.230. The van der Waals surface area contributed by atoms with E-state index in [2.05, 4.69) is 0 Å². The molecule has 0 unspecified atom stereocenters. The Hall–Kier alpha value is -1.16. The normalized spacial score (nSPS) is 41.0. The fourth-order valence-electron chi connectivity index (χ4n) is 2.09. The second kappa shape index (κ2) is 2.67. The molecule has 0 spiro atoms. The van der Waals surface area contributed by atoms with Gasteiger partial charge >= 0.3 is 5.97 Å². The van der Waals surface area contributed by atoms with Gasteiger partial charge in [-0.15, -0.1) is 0 Å². The van der Waals surface area contributed by atoms with Crippen LogP contribution in [0.25, 0.3) is 0 Å². The van der Waals surface area contributed by atoms with Crippen molar-refractivity contribution in [1.29, 1.82) is 0 Å². The van der Waals surface area contributed by atoms with E-state index < -0.39 is 23.9 Å². The highest BCUT2D eigenvalue weighted by molar-refractivity contribution is 5.87. The lowest BCUT2D eigenvalue weighted by Gasteiger charge is -2.18. The van der Waals surface area contributed by atoms with Crippen molar-refractivity contribution in [3.8, 4) is 0 Å². The highest BCUT2D eigenvalue weighted by Gasteiger charge is 2.51. The molecule has 2 aliphatic rings. The molecule has 0 amide bonds. The number of fused-ring (bicyclic) bond motifs is 2. The van der Waals surface area contributed by atoms with Crippen LogP contribution in [0.3, 0.4) is 0 Å². The van der Waals surface area contributed by atoms with Crippen molar-refractivity contribution < 1.29 is 19.4 Å². The summed E-state index contributed by atoms with van der Waals surface area (Å²) in [5.74, 6) is -2.23. The molecular weight excluding hydrogens is 172 g/mol. The van der Waals surface area contributed by atoms with E-state index in [9.17, 15) is 9.59 Å². The number of carboxylic acid groups (broad SMARTS) is 1. The lowest BCUT2D eigenvalue weighted by molar-refractivity contribution is -0.146. The van der Waals surface area contributed by atoms with Crippen molar-refractivity contribution in [3.05, 3.63) is 12.2 Å². The zero-order valence-corrected chi connectivity index (χ0v) is 7.14. The van der Waals surface area contributed by atoms with Gasteiger partial charge in [0, 0.05) is 0 Å². The maximum Gasteiger partial charge on any atom is 0.310 e. The van der Waals surface area contributed by atoms with Gasteiger partial charge in [-0.3, -0.25) is 9.59 Å². The van der Waals surface area contributed by atoms with E-state index >= 15 is 0 Å². The lowest BCUT2D eigenvalue weighted by atomic mass is 9.81. The lowest BCUT2D eigenvalue weighted by Crippen LogP contribution is -2.35. The molecule has 0 aromatic heterocycles. The summed E-state index contributed by atoms with van der Waals surface area (Å²) >= 11 is 0. The molecular formula is C9H10O4. The minimum Gasteiger partial charge on any atom is -0.481 e. The Bertz CT molecular complexity index is 266. The van der Waals surface area contributed by atoms with Crippen molar-refractivity contribution in [3.63, 3.8) is 0 Å². The number of hydrogen-bond donors (Lipinski definition) is 1. The summed E-state index contributed by atoms with van der Waals surface area (Å²) in [7, 11) is 0. The molecule has 0 aromatic rings. The maximum absolute atomic E-state index is 11.2. The van der Waals surface area contributed by atoms with Crippen LogP contribution in [0, 0.1) is 11.8 Å². The van der Waals surface area contributed by atoms with Crippen molar-refractivity contribution >= 4 is 11.8 Å². The second-order valence-corrected chi connectivity index (χ2v) is 3.45. The maximum atomic E-state index is 11.2. The molecule has 4 nitrogen and oxygen atoms in total. The third kappa shape index (κ3) is 1.09. The number of aliphatic carboxylic acids is 1. The molecule has 0 radical (unpaired) electrons. The Morgan fingerprint density at radius 3 is 2.15 bits per heavy atom. The minimum absolute atomic E-state index is 0.107. The third-order valence-corrected chi connectivity index (χ3v) is 2.65. The zero-order chi connectivity index (χ0) is 9.59. The summed E-state index contributed by atoms with van der Waals surface area (Å²) in [6.07, 6.45) is 2.78. The molecule has 70 valence electrons. The van der Waals surface area contributed by atoms with Crippen LogP contribution in [0.2, 0.25) is 0 Å². The van der Waals surface area contributed by atoms with Crippen LogP contribution in [-0.2, 0) is 14.3 Å². The quantitative estimate of drug-likeness (QED) is 0.621. The molecule has 1 saturated heterocycles. The average Bonchev–Trinajstić information content (AvgIpc) is 2.60.